The monoisotopic (exact) mass is 266 g/mol. The van der Waals surface area contributed by atoms with Crippen LogP contribution >= 0.6 is 0 Å². The maximum Gasteiger partial charge on any atom is 0.221 e. The summed E-state index contributed by atoms with van der Waals surface area (Å²) >= 11 is 0. The molecule has 0 saturated heterocycles. The van der Waals surface area contributed by atoms with Gasteiger partial charge in [-0.1, -0.05) is 32.9 Å². The Kier molecular flexibility index (Phi) is 5.06. The Balaban J connectivity index is 2.48. The molecule has 19 heavy (non-hydrogen) atoms. The molecule has 3 N–H and O–H groups in total. The van der Waals surface area contributed by atoms with Gasteiger partial charge in [0.15, 0.2) is 0 Å². The lowest BCUT2D eigenvalue weighted by Crippen LogP contribution is -2.40. The smallest absolute Gasteiger partial charge is 0.221 e. The van der Waals surface area contributed by atoms with E-state index in [4.69, 9.17) is 5.73 Å². The van der Waals surface area contributed by atoms with Crippen LogP contribution in [0, 0.1) is 18.2 Å². The van der Waals surface area contributed by atoms with E-state index in [-0.39, 0.29) is 29.6 Å². The van der Waals surface area contributed by atoms with Crippen molar-refractivity contribution in [3.05, 3.63) is 35.1 Å². The molecule has 4 heteroatoms. The van der Waals surface area contributed by atoms with Crippen molar-refractivity contribution in [2.45, 2.75) is 46.7 Å². The summed E-state index contributed by atoms with van der Waals surface area (Å²) in [7, 11) is 0. The van der Waals surface area contributed by atoms with Crippen molar-refractivity contribution in [2.24, 2.45) is 11.1 Å². The summed E-state index contributed by atoms with van der Waals surface area (Å²) in [5.74, 6) is -0.360. The molecule has 0 radical (unpaired) electrons. The van der Waals surface area contributed by atoms with Crippen LogP contribution in [0.4, 0.5) is 4.39 Å². The van der Waals surface area contributed by atoms with Gasteiger partial charge in [-0.25, -0.2) is 4.39 Å². The Hall–Kier alpha value is -1.42. The molecule has 0 aliphatic rings. The number of halogens is 1. The molecule has 1 amide bonds. The molecule has 1 rings (SSSR count). The fourth-order valence-electron chi connectivity index (χ4n) is 1.53. The van der Waals surface area contributed by atoms with Gasteiger partial charge in [-0.3, -0.25) is 4.79 Å². The quantitative estimate of drug-likeness (QED) is 0.879. The minimum absolute atomic E-state index is 0.104. The lowest BCUT2D eigenvalue weighted by Gasteiger charge is -2.26. The number of amides is 1. The van der Waals surface area contributed by atoms with Crippen LogP contribution in [-0.2, 0) is 11.3 Å². The number of nitrogens with two attached hydrogens (primary N) is 1. The first-order valence-corrected chi connectivity index (χ1v) is 6.47. The molecule has 1 unspecified atom stereocenters. The van der Waals surface area contributed by atoms with Gasteiger partial charge in [-0.15, -0.1) is 0 Å². The number of nitrogens with one attached hydrogen (secondary N) is 1. The van der Waals surface area contributed by atoms with Crippen molar-refractivity contribution < 1.29 is 9.18 Å². The lowest BCUT2D eigenvalue weighted by molar-refractivity contribution is -0.122. The van der Waals surface area contributed by atoms with E-state index >= 15 is 0 Å². The fraction of sp³-hybridized carbons (Fsp3) is 0.533. The third-order valence-corrected chi connectivity index (χ3v) is 3.24. The summed E-state index contributed by atoms with van der Waals surface area (Å²) in [6.45, 7) is 8.04. The average Bonchev–Trinajstić information content (AvgIpc) is 2.29. The third kappa shape index (κ3) is 4.99. The molecule has 1 aromatic carbocycles. The highest BCUT2D eigenvalue weighted by Crippen LogP contribution is 2.19. The third-order valence-electron chi connectivity index (χ3n) is 3.24. The molecule has 0 fully saturated rings. The van der Waals surface area contributed by atoms with Crippen LogP contribution in [0.25, 0.3) is 0 Å². The van der Waals surface area contributed by atoms with Crippen LogP contribution in [0.2, 0.25) is 0 Å². The molecule has 0 aliphatic heterocycles. The number of benzene rings is 1. The second-order valence-corrected chi connectivity index (χ2v) is 6.04. The number of aryl methyl sites for hydroxylation is 1. The largest absolute Gasteiger partial charge is 0.352 e. The van der Waals surface area contributed by atoms with E-state index in [1.54, 1.807) is 13.0 Å². The maximum absolute atomic E-state index is 13.3. The number of hydrogen-bond acceptors (Lipinski definition) is 2. The highest BCUT2D eigenvalue weighted by molar-refractivity contribution is 5.76. The van der Waals surface area contributed by atoms with Crippen LogP contribution in [0.5, 0.6) is 0 Å². The first-order valence-electron chi connectivity index (χ1n) is 6.47. The normalized spacial score (nSPS) is 13.2. The Morgan fingerprint density at radius 2 is 2.05 bits per heavy atom. The molecule has 1 atom stereocenters. The van der Waals surface area contributed by atoms with E-state index < -0.39 is 0 Å². The zero-order valence-electron chi connectivity index (χ0n) is 12.1. The van der Waals surface area contributed by atoms with Crippen molar-refractivity contribution in [3.8, 4) is 0 Å². The van der Waals surface area contributed by atoms with Crippen LogP contribution in [0.3, 0.4) is 0 Å². The van der Waals surface area contributed by atoms with Gasteiger partial charge in [-0.05, 0) is 29.5 Å². The average molecular weight is 266 g/mol. The van der Waals surface area contributed by atoms with E-state index in [1.165, 1.54) is 6.07 Å². The van der Waals surface area contributed by atoms with Gasteiger partial charge < -0.3 is 11.1 Å². The topological polar surface area (TPSA) is 55.1 Å². The van der Waals surface area contributed by atoms with Gasteiger partial charge in [0, 0.05) is 19.0 Å². The fourth-order valence-corrected chi connectivity index (χ4v) is 1.53. The first-order chi connectivity index (χ1) is 8.70. The Morgan fingerprint density at radius 3 is 2.58 bits per heavy atom. The molecular formula is C15H23FN2O. The standard InChI is InChI=1S/C15H23FN2O/c1-10-5-6-11(7-12(10)16)9-18-14(19)8-13(17)15(2,3)4/h5-7,13H,8-9,17H2,1-4H3,(H,18,19). The molecule has 0 aromatic heterocycles. The summed E-state index contributed by atoms with van der Waals surface area (Å²) in [6.07, 6.45) is 0.276. The molecule has 3 nitrogen and oxygen atoms in total. The summed E-state index contributed by atoms with van der Waals surface area (Å²) in [4.78, 5) is 11.7. The van der Waals surface area contributed by atoms with Crippen LogP contribution in [0.1, 0.15) is 38.3 Å². The van der Waals surface area contributed by atoms with Gasteiger partial charge in [0.2, 0.25) is 5.91 Å². The lowest BCUT2D eigenvalue weighted by atomic mass is 9.85. The Morgan fingerprint density at radius 1 is 1.42 bits per heavy atom. The van der Waals surface area contributed by atoms with E-state index in [9.17, 15) is 9.18 Å². The second-order valence-electron chi connectivity index (χ2n) is 6.04. The Bertz CT molecular complexity index is 452. The molecule has 106 valence electrons. The second kappa shape index (κ2) is 6.15. The van der Waals surface area contributed by atoms with Gasteiger partial charge in [0.25, 0.3) is 0 Å². The van der Waals surface area contributed by atoms with E-state index in [2.05, 4.69) is 5.32 Å². The summed E-state index contributed by atoms with van der Waals surface area (Å²) in [5.41, 5.74) is 7.19. The van der Waals surface area contributed by atoms with Crippen LogP contribution in [0.15, 0.2) is 18.2 Å². The van der Waals surface area contributed by atoms with Crippen molar-refractivity contribution in [1.29, 1.82) is 0 Å². The van der Waals surface area contributed by atoms with Crippen molar-refractivity contribution in [2.75, 3.05) is 0 Å². The van der Waals surface area contributed by atoms with Crippen LogP contribution in [-0.4, -0.2) is 11.9 Å². The zero-order valence-corrected chi connectivity index (χ0v) is 12.1. The predicted molar refractivity (Wildman–Crippen MR) is 75.0 cm³/mol. The van der Waals surface area contributed by atoms with E-state index in [1.807, 2.05) is 26.8 Å². The zero-order chi connectivity index (χ0) is 14.6. The van der Waals surface area contributed by atoms with Gasteiger partial charge in [0.05, 0.1) is 0 Å². The maximum atomic E-state index is 13.3. The van der Waals surface area contributed by atoms with Crippen LogP contribution < -0.4 is 11.1 Å². The van der Waals surface area contributed by atoms with Crippen molar-refractivity contribution in [1.82, 2.24) is 5.32 Å². The molecule has 1 aromatic rings. The minimum Gasteiger partial charge on any atom is -0.352 e. The summed E-state index contributed by atoms with van der Waals surface area (Å²) in [6, 6.07) is 4.77. The van der Waals surface area contributed by atoms with Gasteiger partial charge in [0.1, 0.15) is 5.82 Å². The van der Waals surface area contributed by atoms with Gasteiger partial charge in [-0.2, -0.15) is 0 Å². The molecule has 0 heterocycles. The highest BCUT2D eigenvalue weighted by atomic mass is 19.1. The molecule has 0 bridgehead atoms. The predicted octanol–water partition coefficient (Wildman–Crippen LogP) is 2.51. The number of carbonyl (C=O) groups excluding carboxylic acids is 1. The van der Waals surface area contributed by atoms with E-state index in [0.717, 1.165) is 5.56 Å². The Labute approximate surface area is 114 Å². The molecule has 0 spiro atoms. The molecule has 0 aliphatic carbocycles. The number of carbonyl (C=O) groups is 1. The van der Waals surface area contributed by atoms with E-state index in [0.29, 0.717) is 12.1 Å². The van der Waals surface area contributed by atoms with Crippen molar-refractivity contribution >= 4 is 5.91 Å². The summed E-state index contributed by atoms with van der Waals surface area (Å²) in [5, 5.41) is 2.76. The number of hydrogen-bond donors (Lipinski definition) is 2. The minimum atomic E-state index is -0.252. The van der Waals surface area contributed by atoms with Gasteiger partial charge >= 0.3 is 0 Å². The van der Waals surface area contributed by atoms with Crippen molar-refractivity contribution in [3.63, 3.8) is 0 Å². The first kappa shape index (κ1) is 15.6. The SMILES string of the molecule is Cc1ccc(CNC(=O)CC(N)C(C)(C)C)cc1F. The molecule has 0 saturated carbocycles. The molecular weight excluding hydrogens is 243 g/mol. The number of rotatable bonds is 4. The highest BCUT2D eigenvalue weighted by Gasteiger charge is 2.22. The summed E-state index contributed by atoms with van der Waals surface area (Å²) < 4.78 is 13.3.